The summed E-state index contributed by atoms with van der Waals surface area (Å²) in [5, 5.41) is 0. The van der Waals surface area contributed by atoms with Crippen LogP contribution in [0.25, 0.3) is 0 Å². The summed E-state index contributed by atoms with van der Waals surface area (Å²) in [5.41, 5.74) is 6.70. The summed E-state index contributed by atoms with van der Waals surface area (Å²) in [6.45, 7) is 1.94. The highest BCUT2D eigenvalue weighted by Crippen LogP contribution is 2.00. The van der Waals surface area contributed by atoms with E-state index in [1.165, 1.54) is 6.07 Å². The molecule has 0 unspecified atom stereocenters. The van der Waals surface area contributed by atoms with E-state index in [9.17, 15) is 9.00 Å². The second-order valence-corrected chi connectivity index (χ2v) is 3.54. The zero-order valence-corrected chi connectivity index (χ0v) is 8.93. The van der Waals surface area contributed by atoms with Gasteiger partial charge in [-0.25, -0.2) is 4.21 Å². The number of pyridine rings is 1. The van der Waals surface area contributed by atoms with E-state index in [0.717, 1.165) is 12.1 Å². The Balaban J connectivity index is 3.45. The van der Waals surface area contributed by atoms with Crippen LogP contribution in [-0.4, -0.2) is 13.8 Å². The van der Waals surface area contributed by atoms with Crippen molar-refractivity contribution in [2.45, 2.75) is 13.3 Å². The molecule has 0 atom stereocenters. The minimum atomic E-state index is -0.142. The lowest BCUT2D eigenvalue weighted by Gasteiger charge is -2.07. The molecule has 1 rings (SSSR count). The molecule has 0 aromatic carbocycles. The molecule has 0 bridgehead atoms. The minimum Gasteiger partial charge on any atom is -0.316 e. The lowest BCUT2D eigenvalue weighted by Crippen LogP contribution is -2.23. The Kier molecular flexibility index (Phi) is 3.38. The summed E-state index contributed by atoms with van der Waals surface area (Å²) in [4.78, 5) is 11.6. The molecule has 1 aromatic rings. The maximum absolute atomic E-state index is 11.4. The maximum Gasteiger partial charge on any atom is 0.251 e. The largest absolute Gasteiger partial charge is 0.316 e. The topological polar surface area (TPSA) is 65.1 Å². The number of nitrogens with zero attached hydrogens (tertiary/aromatic N) is 1. The van der Waals surface area contributed by atoms with Crippen LogP contribution in [0.5, 0.6) is 0 Å². The van der Waals surface area contributed by atoms with Crippen molar-refractivity contribution in [3.05, 3.63) is 33.7 Å². The summed E-state index contributed by atoms with van der Waals surface area (Å²) in [7, 11) is 1.70. The van der Waals surface area contributed by atoms with E-state index in [2.05, 4.69) is 0 Å². The molecule has 0 aliphatic carbocycles. The molecule has 0 radical (unpaired) electrons. The predicted octanol–water partition coefficient (Wildman–Crippen LogP) is -0.403. The van der Waals surface area contributed by atoms with E-state index in [0.29, 0.717) is 5.56 Å². The Labute approximate surface area is 85.4 Å². The fourth-order valence-electron chi connectivity index (χ4n) is 1.22. The van der Waals surface area contributed by atoms with Crippen molar-refractivity contribution in [2.24, 2.45) is 12.8 Å². The maximum atomic E-state index is 11.4. The number of nitrogens with two attached hydrogens (primary N) is 1. The van der Waals surface area contributed by atoms with Crippen LogP contribution in [0.4, 0.5) is 0 Å². The number of hydrogen-bond donors (Lipinski definition) is 1. The summed E-state index contributed by atoms with van der Waals surface area (Å²) in [5.74, 6) is 0. The van der Waals surface area contributed by atoms with Crippen molar-refractivity contribution in [1.82, 2.24) is 4.57 Å². The second kappa shape index (κ2) is 4.34. The van der Waals surface area contributed by atoms with Gasteiger partial charge in [0.2, 0.25) is 0 Å². The van der Waals surface area contributed by atoms with E-state index in [-0.39, 0.29) is 21.8 Å². The molecular weight excluding hydrogens is 200 g/mol. The Hall–Kier alpha value is -1.20. The average Bonchev–Trinajstić information content (AvgIpc) is 2.20. The molecular formula is C9H12N2O2S. The molecule has 0 spiro atoms. The van der Waals surface area contributed by atoms with Gasteiger partial charge in [-0.2, -0.15) is 0 Å². The van der Waals surface area contributed by atoms with Crippen LogP contribution in [0.15, 0.2) is 16.9 Å². The monoisotopic (exact) mass is 212 g/mol. The van der Waals surface area contributed by atoms with Crippen LogP contribution in [0.1, 0.15) is 18.2 Å². The van der Waals surface area contributed by atoms with Gasteiger partial charge in [-0.15, -0.1) is 0 Å². The van der Waals surface area contributed by atoms with E-state index in [1.54, 1.807) is 17.7 Å². The van der Waals surface area contributed by atoms with Crippen LogP contribution in [0.3, 0.4) is 0 Å². The normalized spacial score (nSPS) is 9.93. The molecule has 0 aliphatic rings. The standard InChI is InChI=1S/C9H12N2O2S/c1-3-7-4-6(9(10)14-13)5-8(12)11(7)2/h4-5H,3,10H2,1-2H3. The second-order valence-electron chi connectivity index (χ2n) is 2.93. The van der Waals surface area contributed by atoms with Gasteiger partial charge < -0.3 is 4.57 Å². The molecule has 1 aromatic heterocycles. The Morgan fingerprint density at radius 2 is 2.21 bits per heavy atom. The van der Waals surface area contributed by atoms with Crippen LogP contribution in [0.2, 0.25) is 0 Å². The number of aryl methyl sites for hydroxylation is 1. The molecule has 5 heteroatoms. The van der Waals surface area contributed by atoms with Gasteiger partial charge in [0.1, 0.15) is 16.2 Å². The minimum absolute atomic E-state index is 0.136. The smallest absolute Gasteiger partial charge is 0.251 e. The zero-order chi connectivity index (χ0) is 10.7. The van der Waals surface area contributed by atoms with E-state index < -0.39 is 0 Å². The molecule has 0 amide bonds. The van der Waals surface area contributed by atoms with E-state index >= 15 is 0 Å². The summed E-state index contributed by atoms with van der Waals surface area (Å²) in [6.07, 6.45) is 0.733. The first kappa shape index (κ1) is 10.9. The van der Waals surface area contributed by atoms with Crippen molar-refractivity contribution in [3.63, 3.8) is 0 Å². The van der Waals surface area contributed by atoms with Crippen molar-refractivity contribution in [2.75, 3.05) is 0 Å². The van der Waals surface area contributed by atoms with Crippen LogP contribution < -0.4 is 11.3 Å². The van der Waals surface area contributed by atoms with Crippen molar-refractivity contribution >= 4 is 16.2 Å². The third-order valence-corrected chi connectivity index (χ3v) is 2.51. The molecule has 2 N–H and O–H groups in total. The quantitative estimate of drug-likeness (QED) is 0.678. The summed E-state index contributed by atoms with van der Waals surface area (Å²) >= 11 is 0.208. The van der Waals surface area contributed by atoms with Crippen LogP contribution in [-0.2, 0) is 24.7 Å². The van der Waals surface area contributed by atoms with Gasteiger partial charge in [0.15, 0.2) is 0 Å². The predicted molar refractivity (Wildman–Crippen MR) is 57.5 cm³/mol. The fourth-order valence-corrected chi connectivity index (χ4v) is 1.43. The number of rotatable bonds is 2. The van der Waals surface area contributed by atoms with Crippen LogP contribution in [0, 0.1) is 0 Å². The highest BCUT2D eigenvalue weighted by molar-refractivity contribution is 7.66. The lowest BCUT2D eigenvalue weighted by molar-refractivity contribution is 0.701. The number of hydrogen-bond acceptors (Lipinski definition) is 2. The van der Waals surface area contributed by atoms with Gasteiger partial charge >= 0.3 is 0 Å². The highest BCUT2D eigenvalue weighted by Gasteiger charge is 2.04. The molecule has 1 heterocycles. The Bertz CT molecular complexity index is 458. The Morgan fingerprint density at radius 1 is 1.57 bits per heavy atom. The first-order chi connectivity index (χ1) is 6.60. The van der Waals surface area contributed by atoms with Gasteiger partial charge in [-0.05, 0) is 12.5 Å². The highest BCUT2D eigenvalue weighted by atomic mass is 32.1. The average molecular weight is 212 g/mol. The fraction of sp³-hybridized carbons (Fsp3) is 0.333. The first-order valence-electron chi connectivity index (χ1n) is 4.22. The van der Waals surface area contributed by atoms with Gasteiger partial charge in [-0.3, -0.25) is 10.5 Å². The van der Waals surface area contributed by atoms with Crippen molar-refractivity contribution in [1.29, 1.82) is 0 Å². The Morgan fingerprint density at radius 3 is 2.71 bits per heavy atom. The molecule has 14 heavy (non-hydrogen) atoms. The van der Waals surface area contributed by atoms with Crippen molar-refractivity contribution < 1.29 is 4.21 Å². The molecule has 4 nitrogen and oxygen atoms in total. The molecule has 76 valence electrons. The SMILES string of the molecule is CCc1cc(C(N)=S=O)cc(=O)n1C. The van der Waals surface area contributed by atoms with Gasteiger partial charge in [0.05, 0.1) is 0 Å². The molecule has 0 aliphatic heterocycles. The van der Waals surface area contributed by atoms with E-state index in [1.807, 2.05) is 6.92 Å². The van der Waals surface area contributed by atoms with Crippen LogP contribution >= 0.6 is 0 Å². The molecule has 0 saturated heterocycles. The number of aromatic nitrogens is 1. The lowest BCUT2D eigenvalue weighted by atomic mass is 10.2. The molecule has 0 saturated carbocycles. The molecule has 0 fully saturated rings. The van der Waals surface area contributed by atoms with Gasteiger partial charge in [0, 0.05) is 24.4 Å². The third-order valence-electron chi connectivity index (χ3n) is 2.10. The zero-order valence-electron chi connectivity index (χ0n) is 8.11. The van der Waals surface area contributed by atoms with Crippen molar-refractivity contribution in [3.8, 4) is 0 Å². The van der Waals surface area contributed by atoms with E-state index in [4.69, 9.17) is 5.73 Å². The summed E-state index contributed by atoms with van der Waals surface area (Å²) < 4.78 is 12.0. The van der Waals surface area contributed by atoms with Gasteiger partial charge in [-0.1, -0.05) is 6.92 Å². The van der Waals surface area contributed by atoms with Gasteiger partial charge in [0.25, 0.3) is 5.56 Å². The summed E-state index contributed by atoms with van der Waals surface area (Å²) in [6, 6.07) is 3.14. The third kappa shape index (κ3) is 2.00. The first-order valence-corrected chi connectivity index (χ1v) is 4.96.